The van der Waals surface area contributed by atoms with Crippen LogP contribution in [0, 0.1) is 16.0 Å². The van der Waals surface area contributed by atoms with Gasteiger partial charge in [-0.1, -0.05) is 32.9 Å². The van der Waals surface area contributed by atoms with Crippen LogP contribution in [0.15, 0.2) is 24.3 Å². The smallest absolute Gasteiger partial charge is 0.258 e. The van der Waals surface area contributed by atoms with Crippen molar-refractivity contribution < 1.29 is 4.92 Å². The molecule has 1 rings (SSSR count). The van der Waals surface area contributed by atoms with Gasteiger partial charge in [0.1, 0.15) is 0 Å². The van der Waals surface area contributed by atoms with Crippen LogP contribution in [0.5, 0.6) is 0 Å². The van der Waals surface area contributed by atoms with E-state index in [1.54, 1.807) is 12.1 Å². The third kappa shape index (κ3) is 4.19. The molecule has 104 valence electrons. The first kappa shape index (κ1) is 15.4. The van der Waals surface area contributed by atoms with Crippen LogP contribution >= 0.6 is 0 Å². The van der Waals surface area contributed by atoms with Gasteiger partial charge in [-0.25, -0.2) is 0 Å². The second kappa shape index (κ2) is 7.07. The molecule has 0 radical (unpaired) electrons. The molecule has 0 fully saturated rings. The largest absolute Gasteiger partial charge is 0.269 e. The number of nitrogens with zero attached hydrogens (tertiary/aromatic N) is 1. The summed E-state index contributed by atoms with van der Waals surface area (Å²) in [4.78, 5) is 10.6. The zero-order valence-corrected chi connectivity index (χ0v) is 12.2. The van der Waals surface area contributed by atoms with Gasteiger partial charge in [-0.05, 0) is 48.8 Å². The maximum absolute atomic E-state index is 10.9. The lowest BCUT2D eigenvalue weighted by atomic mass is 9.85. The summed E-state index contributed by atoms with van der Waals surface area (Å²) in [5.74, 6) is 0.966. The van der Waals surface area contributed by atoms with E-state index in [0.717, 1.165) is 24.0 Å². The van der Waals surface area contributed by atoms with Crippen molar-refractivity contribution in [3.63, 3.8) is 0 Å². The lowest BCUT2D eigenvalue weighted by Crippen LogP contribution is -2.05. The van der Waals surface area contributed by atoms with E-state index in [0.29, 0.717) is 11.8 Å². The first-order chi connectivity index (χ1) is 8.99. The standard InChI is InChI=1S/C16H23NO2/c1-5-7-14-8-9-15(17(18)19)11-16(14)13(6-2)10-12(3)4/h5,7-9,11-13H,6,10H2,1-4H3. The summed E-state index contributed by atoms with van der Waals surface area (Å²) < 4.78 is 0. The van der Waals surface area contributed by atoms with Crippen molar-refractivity contribution in [1.29, 1.82) is 0 Å². The number of hydrogen-bond acceptors (Lipinski definition) is 2. The third-order valence-electron chi connectivity index (χ3n) is 3.32. The van der Waals surface area contributed by atoms with Gasteiger partial charge in [0.25, 0.3) is 5.69 Å². The molecule has 0 heterocycles. The Hall–Kier alpha value is -1.64. The highest BCUT2D eigenvalue weighted by atomic mass is 16.6. The minimum Gasteiger partial charge on any atom is -0.258 e. The topological polar surface area (TPSA) is 43.1 Å². The van der Waals surface area contributed by atoms with E-state index in [1.165, 1.54) is 0 Å². The summed E-state index contributed by atoms with van der Waals surface area (Å²) in [7, 11) is 0. The minimum absolute atomic E-state index is 0.186. The molecule has 0 aromatic heterocycles. The van der Waals surface area contributed by atoms with Crippen molar-refractivity contribution in [3.8, 4) is 0 Å². The number of nitro groups is 1. The van der Waals surface area contributed by atoms with Crippen LogP contribution < -0.4 is 0 Å². The maximum Gasteiger partial charge on any atom is 0.269 e. The third-order valence-corrected chi connectivity index (χ3v) is 3.32. The molecule has 1 aromatic carbocycles. The molecular weight excluding hydrogens is 238 g/mol. The highest BCUT2D eigenvalue weighted by molar-refractivity contribution is 5.57. The molecule has 0 saturated carbocycles. The van der Waals surface area contributed by atoms with E-state index in [9.17, 15) is 10.1 Å². The number of non-ortho nitro benzene ring substituents is 1. The number of nitro benzene ring substituents is 1. The molecule has 3 heteroatoms. The summed E-state index contributed by atoms with van der Waals surface area (Å²) in [5.41, 5.74) is 2.38. The average Bonchev–Trinajstić information content (AvgIpc) is 2.36. The number of allylic oxidation sites excluding steroid dienone is 1. The SMILES string of the molecule is CC=Cc1ccc([N+](=O)[O-])cc1C(CC)CC(C)C. The minimum atomic E-state index is -0.314. The van der Waals surface area contributed by atoms with Gasteiger partial charge in [0.2, 0.25) is 0 Å². The summed E-state index contributed by atoms with van der Waals surface area (Å²) >= 11 is 0. The van der Waals surface area contributed by atoms with Crippen LogP contribution in [0.25, 0.3) is 6.08 Å². The molecule has 3 nitrogen and oxygen atoms in total. The molecule has 1 aromatic rings. The molecule has 0 aliphatic heterocycles. The first-order valence-electron chi connectivity index (χ1n) is 6.90. The first-order valence-corrected chi connectivity index (χ1v) is 6.90. The predicted octanol–water partition coefficient (Wildman–Crippen LogP) is 5.17. The van der Waals surface area contributed by atoms with E-state index < -0.39 is 0 Å². The van der Waals surface area contributed by atoms with Crippen LogP contribution in [0.1, 0.15) is 57.6 Å². The lowest BCUT2D eigenvalue weighted by molar-refractivity contribution is -0.384. The van der Waals surface area contributed by atoms with Crippen LogP contribution in [0.2, 0.25) is 0 Å². The van der Waals surface area contributed by atoms with E-state index in [2.05, 4.69) is 20.8 Å². The second-order valence-corrected chi connectivity index (χ2v) is 5.31. The summed E-state index contributed by atoms with van der Waals surface area (Å²) in [5, 5.41) is 10.9. The molecule has 0 aliphatic carbocycles. The summed E-state index contributed by atoms with van der Waals surface area (Å²) in [6.45, 7) is 8.49. The van der Waals surface area contributed by atoms with Crippen molar-refractivity contribution in [2.24, 2.45) is 5.92 Å². The van der Waals surface area contributed by atoms with E-state index >= 15 is 0 Å². The van der Waals surface area contributed by atoms with E-state index in [4.69, 9.17) is 0 Å². The van der Waals surface area contributed by atoms with Gasteiger partial charge in [-0.15, -0.1) is 0 Å². The summed E-state index contributed by atoms with van der Waals surface area (Å²) in [6, 6.07) is 5.18. The van der Waals surface area contributed by atoms with Gasteiger partial charge < -0.3 is 0 Å². The van der Waals surface area contributed by atoms with Gasteiger partial charge in [0, 0.05) is 12.1 Å². The van der Waals surface area contributed by atoms with Gasteiger partial charge in [0.15, 0.2) is 0 Å². The van der Waals surface area contributed by atoms with Crippen molar-refractivity contribution in [2.75, 3.05) is 0 Å². The Kier molecular flexibility index (Phi) is 5.74. The molecule has 0 bridgehead atoms. The van der Waals surface area contributed by atoms with Crippen LogP contribution in [-0.4, -0.2) is 4.92 Å². The predicted molar refractivity (Wildman–Crippen MR) is 80.3 cm³/mol. The molecule has 19 heavy (non-hydrogen) atoms. The normalized spacial score (nSPS) is 13.1. The Bertz CT molecular complexity index is 464. The van der Waals surface area contributed by atoms with Gasteiger partial charge in [-0.3, -0.25) is 10.1 Å². The zero-order chi connectivity index (χ0) is 14.4. The zero-order valence-electron chi connectivity index (χ0n) is 12.2. The number of rotatable bonds is 6. The van der Waals surface area contributed by atoms with Crippen molar-refractivity contribution in [2.45, 2.75) is 46.5 Å². The highest BCUT2D eigenvalue weighted by Gasteiger charge is 2.17. The lowest BCUT2D eigenvalue weighted by Gasteiger charge is -2.19. The summed E-state index contributed by atoms with van der Waals surface area (Å²) in [6.07, 6.45) is 6.07. The Morgan fingerprint density at radius 1 is 1.37 bits per heavy atom. The van der Waals surface area contributed by atoms with Gasteiger partial charge in [0.05, 0.1) is 4.92 Å². The molecule has 1 atom stereocenters. The molecule has 0 N–H and O–H groups in total. The number of benzene rings is 1. The van der Waals surface area contributed by atoms with Crippen LogP contribution in [0.4, 0.5) is 5.69 Å². The van der Waals surface area contributed by atoms with Crippen molar-refractivity contribution in [1.82, 2.24) is 0 Å². The Balaban J connectivity index is 3.25. The molecule has 1 unspecified atom stereocenters. The second-order valence-electron chi connectivity index (χ2n) is 5.31. The molecule has 0 amide bonds. The van der Waals surface area contributed by atoms with Crippen molar-refractivity contribution >= 4 is 11.8 Å². The fourth-order valence-electron chi connectivity index (χ4n) is 2.44. The quantitative estimate of drug-likeness (QED) is 0.524. The Morgan fingerprint density at radius 3 is 2.53 bits per heavy atom. The maximum atomic E-state index is 10.9. The van der Waals surface area contributed by atoms with E-state index in [1.807, 2.05) is 25.1 Å². The van der Waals surface area contributed by atoms with Crippen LogP contribution in [-0.2, 0) is 0 Å². The van der Waals surface area contributed by atoms with Crippen molar-refractivity contribution in [3.05, 3.63) is 45.5 Å². The Labute approximate surface area is 115 Å². The van der Waals surface area contributed by atoms with Gasteiger partial charge >= 0.3 is 0 Å². The fourth-order valence-corrected chi connectivity index (χ4v) is 2.44. The molecule has 0 aliphatic rings. The van der Waals surface area contributed by atoms with Gasteiger partial charge in [-0.2, -0.15) is 0 Å². The molecule has 0 saturated heterocycles. The highest BCUT2D eigenvalue weighted by Crippen LogP contribution is 2.32. The molecule has 0 spiro atoms. The molecular formula is C16H23NO2. The van der Waals surface area contributed by atoms with Crippen LogP contribution in [0.3, 0.4) is 0 Å². The monoisotopic (exact) mass is 261 g/mol. The Morgan fingerprint density at radius 2 is 2.05 bits per heavy atom. The number of hydrogen-bond donors (Lipinski definition) is 0. The average molecular weight is 261 g/mol. The van der Waals surface area contributed by atoms with E-state index in [-0.39, 0.29) is 10.6 Å². The fraction of sp³-hybridized carbons (Fsp3) is 0.500.